The van der Waals surface area contributed by atoms with Crippen LogP contribution in [0, 0.1) is 0 Å². The van der Waals surface area contributed by atoms with Crippen LogP contribution in [0.3, 0.4) is 0 Å². The van der Waals surface area contributed by atoms with Crippen molar-refractivity contribution in [3.05, 3.63) is 115 Å². The summed E-state index contributed by atoms with van der Waals surface area (Å²) in [6, 6.07) is 34.8. The average Bonchev–Trinajstić information content (AvgIpc) is 3.25. The van der Waals surface area contributed by atoms with Gasteiger partial charge < -0.3 is 4.57 Å². The van der Waals surface area contributed by atoms with Crippen molar-refractivity contribution in [2.45, 2.75) is 20.0 Å². The number of hydrogen-bond acceptors (Lipinski definition) is 0. The van der Waals surface area contributed by atoms with Crippen LogP contribution >= 0.6 is 0 Å². The van der Waals surface area contributed by atoms with Gasteiger partial charge in [-0.2, -0.15) is 13.2 Å². The van der Waals surface area contributed by atoms with Gasteiger partial charge in [0, 0.05) is 16.2 Å². The number of nitrogens with zero attached hydrogens (tertiary/aromatic N) is 1. The number of hydrogen-bond donors (Lipinski definition) is 0. The minimum atomic E-state index is -4.40. The quantitative estimate of drug-likeness (QED) is 0.201. The van der Waals surface area contributed by atoms with Gasteiger partial charge in [0.1, 0.15) is 0 Å². The Morgan fingerprint density at radius 2 is 1.00 bits per heavy atom. The van der Waals surface area contributed by atoms with Crippen LogP contribution in [-0.4, -0.2) is 4.57 Å². The van der Waals surface area contributed by atoms with Crippen molar-refractivity contribution in [2.75, 3.05) is 0 Å². The summed E-state index contributed by atoms with van der Waals surface area (Å²) < 4.78 is 43.4. The zero-order chi connectivity index (χ0) is 25.7. The molecule has 0 N–H and O–H groups in total. The van der Waals surface area contributed by atoms with Crippen molar-refractivity contribution in [1.82, 2.24) is 4.57 Å². The predicted molar refractivity (Wildman–Crippen MR) is 150 cm³/mol. The van der Waals surface area contributed by atoms with Gasteiger partial charge in [0.2, 0.25) is 0 Å². The van der Waals surface area contributed by atoms with Gasteiger partial charge in [0.25, 0.3) is 0 Å². The van der Waals surface area contributed by atoms with Crippen LogP contribution in [0.5, 0.6) is 0 Å². The molecule has 0 bridgehead atoms. The summed E-state index contributed by atoms with van der Waals surface area (Å²) in [5, 5.41) is 6.90. The van der Waals surface area contributed by atoms with Gasteiger partial charge >= 0.3 is 6.18 Å². The minimum Gasteiger partial charge on any atom is -0.309 e. The van der Waals surface area contributed by atoms with Crippen LogP contribution in [0.1, 0.15) is 19.4 Å². The van der Waals surface area contributed by atoms with Gasteiger partial charge in [-0.15, -0.1) is 0 Å². The number of fused-ring (bicyclic) bond motifs is 6. The van der Waals surface area contributed by atoms with Crippen LogP contribution in [0.15, 0.2) is 109 Å². The monoisotopic (exact) mass is 491 g/mol. The van der Waals surface area contributed by atoms with E-state index in [1.54, 1.807) is 12.1 Å². The van der Waals surface area contributed by atoms with Crippen molar-refractivity contribution in [1.29, 1.82) is 0 Å². The first-order valence-corrected chi connectivity index (χ1v) is 12.4. The molecule has 0 atom stereocenters. The van der Waals surface area contributed by atoms with Crippen LogP contribution in [-0.2, 0) is 6.18 Å². The zero-order valence-electron chi connectivity index (χ0n) is 20.5. The van der Waals surface area contributed by atoms with Crippen LogP contribution < -0.4 is 0 Å². The molecule has 0 aliphatic carbocycles. The summed E-state index contributed by atoms with van der Waals surface area (Å²) in [7, 11) is 0. The third kappa shape index (κ3) is 3.63. The van der Waals surface area contributed by atoms with Crippen molar-refractivity contribution < 1.29 is 13.2 Å². The number of benzene rings is 6. The summed E-state index contributed by atoms with van der Waals surface area (Å²) in [6.07, 6.45) is -4.40. The number of halogens is 3. The molecular formula is C33H24F3N. The Hall–Kier alpha value is -4.31. The third-order valence-electron chi connectivity index (χ3n) is 6.94. The molecule has 182 valence electrons. The molecule has 4 heteroatoms. The molecule has 0 radical (unpaired) electrons. The highest BCUT2D eigenvalue weighted by Gasteiger charge is 2.32. The first-order valence-electron chi connectivity index (χ1n) is 12.4. The zero-order valence-corrected chi connectivity index (χ0v) is 20.5. The van der Waals surface area contributed by atoms with E-state index >= 15 is 0 Å². The van der Waals surface area contributed by atoms with Crippen LogP contribution in [0.25, 0.3) is 59.8 Å². The summed E-state index contributed by atoms with van der Waals surface area (Å²) in [5.41, 5.74) is 2.59. The van der Waals surface area contributed by atoms with Gasteiger partial charge in [-0.1, -0.05) is 74.5 Å². The van der Waals surface area contributed by atoms with Crippen molar-refractivity contribution >= 4 is 54.1 Å². The molecule has 0 aliphatic rings. The van der Waals surface area contributed by atoms with Gasteiger partial charge in [-0.25, -0.2) is 0 Å². The lowest BCUT2D eigenvalue weighted by Gasteiger charge is -2.14. The Kier molecular flexibility index (Phi) is 5.41. The van der Waals surface area contributed by atoms with E-state index < -0.39 is 11.7 Å². The summed E-state index contributed by atoms with van der Waals surface area (Å²) in [4.78, 5) is 0. The molecule has 0 saturated carbocycles. The normalized spacial score (nSPS) is 11.9. The Labute approximate surface area is 212 Å². The number of para-hydroxylation sites is 2. The molecule has 0 amide bonds. The highest BCUT2D eigenvalue weighted by Crippen LogP contribution is 2.39. The van der Waals surface area contributed by atoms with Gasteiger partial charge in [-0.3, -0.25) is 0 Å². The fourth-order valence-electron chi connectivity index (χ4n) is 5.41. The Balaban J connectivity index is 0.00000123. The molecule has 1 heterocycles. The van der Waals surface area contributed by atoms with E-state index in [0.29, 0.717) is 5.39 Å². The van der Waals surface area contributed by atoms with E-state index in [0.717, 1.165) is 44.3 Å². The lowest BCUT2D eigenvalue weighted by atomic mass is 9.96. The van der Waals surface area contributed by atoms with Crippen LogP contribution in [0.4, 0.5) is 13.2 Å². The molecular weight excluding hydrogens is 467 g/mol. The number of aromatic nitrogens is 1. The topological polar surface area (TPSA) is 4.93 Å². The smallest absolute Gasteiger partial charge is 0.309 e. The Bertz CT molecular complexity index is 1890. The molecule has 7 aromatic rings. The van der Waals surface area contributed by atoms with E-state index in [2.05, 4.69) is 47.0 Å². The average molecular weight is 492 g/mol. The van der Waals surface area contributed by atoms with Crippen molar-refractivity contribution in [3.63, 3.8) is 0 Å². The minimum absolute atomic E-state index is 0.223. The second kappa shape index (κ2) is 8.67. The molecule has 0 fully saturated rings. The van der Waals surface area contributed by atoms with E-state index in [-0.39, 0.29) is 5.39 Å². The standard InChI is InChI=1S/C31H18F3N.C2H6/c32-31(33,34)27-11-5-7-19-15-21-16-20-8-6-14-30(26(20)18-22(21)17-25(19)27)35-28-12-3-1-9-23(28)24-10-2-4-13-29(24)35;1-2/h1-18H;1-2H3. The second-order valence-corrected chi connectivity index (χ2v) is 8.94. The van der Waals surface area contributed by atoms with Crippen molar-refractivity contribution in [2.24, 2.45) is 0 Å². The molecule has 0 spiro atoms. The summed E-state index contributed by atoms with van der Waals surface area (Å²) in [5.74, 6) is 0. The highest BCUT2D eigenvalue weighted by atomic mass is 19.4. The molecule has 0 saturated heterocycles. The van der Waals surface area contributed by atoms with Crippen LogP contribution in [0.2, 0.25) is 0 Å². The third-order valence-corrected chi connectivity index (χ3v) is 6.94. The number of alkyl halides is 3. The summed E-state index contributed by atoms with van der Waals surface area (Å²) in [6.45, 7) is 4.00. The largest absolute Gasteiger partial charge is 0.417 e. The highest BCUT2D eigenvalue weighted by molar-refractivity contribution is 6.12. The Morgan fingerprint density at radius 3 is 1.62 bits per heavy atom. The van der Waals surface area contributed by atoms with E-state index in [1.165, 1.54) is 16.8 Å². The number of rotatable bonds is 1. The first-order chi connectivity index (χ1) is 18.0. The van der Waals surface area contributed by atoms with Gasteiger partial charge in [-0.05, 0) is 75.5 Å². The Morgan fingerprint density at radius 1 is 0.486 bits per heavy atom. The van der Waals surface area contributed by atoms with E-state index in [1.807, 2.05) is 56.3 Å². The van der Waals surface area contributed by atoms with E-state index in [4.69, 9.17) is 0 Å². The fraction of sp³-hybridized carbons (Fsp3) is 0.0909. The summed E-state index contributed by atoms with van der Waals surface area (Å²) >= 11 is 0. The molecule has 1 nitrogen and oxygen atoms in total. The lowest BCUT2D eigenvalue weighted by Crippen LogP contribution is -2.05. The van der Waals surface area contributed by atoms with Gasteiger partial charge in [0.15, 0.2) is 0 Å². The maximum absolute atomic E-state index is 13.7. The molecule has 7 rings (SSSR count). The predicted octanol–water partition coefficient (Wildman–Crippen LogP) is 10.3. The maximum atomic E-state index is 13.7. The lowest BCUT2D eigenvalue weighted by molar-refractivity contribution is -0.136. The van der Waals surface area contributed by atoms with Gasteiger partial charge in [0.05, 0.1) is 22.3 Å². The molecule has 0 aliphatic heterocycles. The molecule has 1 aromatic heterocycles. The molecule has 0 unspecified atom stereocenters. The first kappa shape index (κ1) is 23.1. The van der Waals surface area contributed by atoms with Crippen molar-refractivity contribution in [3.8, 4) is 5.69 Å². The second-order valence-electron chi connectivity index (χ2n) is 8.94. The molecule has 6 aromatic carbocycles. The maximum Gasteiger partial charge on any atom is 0.417 e. The van der Waals surface area contributed by atoms with E-state index in [9.17, 15) is 13.2 Å². The fourth-order valence-corrected chi connectivity index (χ4v) is 5.41. The SMILES string of the molecule is CC.FC(F)(F)c1cccc2cc3cc4cccc(-n5c6ccccc6c6ccccc65)c4cc3cc12. The molecule has 37 heavy (non-hydrogen) atoms.